The van der Waals surface area contributed by atoms with Crippen molar-refractivity contribution in [2.24, 2.45) is 5.73 Å². The molecule has 5 nitrogen and oxygen atoms in total. The molecule has 0 aromatic heterocycles. The number of ether oxygens (including phenoxy) is 1. The third-order valence-electron chi connectivity index (χ3n) is 2.99. The van der Waals surface area contributed by atoms with Gasteiger partial charge in [0.1, 0.15) is 17.4 Å². The first kappa shape index (κ1) is 20.1. The Labute approximate surface area is 147 Å². The van der Waals surface area contributed by atoms with Gasteiger partial charge in [-0.25, -0.2) is 9.59 Å². The minimum atomic E-state index is -0.878. The molecule has 1 rings (SSSR count). The molecular formula is C15H22NNaO4. The number of unbranched alkanes of at least 4 members (excludes halogenated alkanes) is 3. The third-order valence-corrected chi connectivity index (χ3v) is 2.99. The Kier molecular flexibility index (Phi) is 10.3. The van der Waals surface area contributed by atoms with E-state index in [4.69, 9.17) is 5.73 Å². The van der Waals surface area contributed by atoms with Gasteiger partial charge in [-0.05, 0) is 18.6 Å². The van der Waals surface area contributed by atoms with Crippen molar-refractivity contribution in [1.29, 1.82) is 0 Å². The molecule has 0 aliphatic carbocycles. The van der Waals surface area contributed by atoms with Crippen molar-refractivity contribution in [2.45, 2.75) is 45.1 Å². The summed E-state index contributed by atoms with van der Waals surface area (Å²) >= 11 is 0. The van der Waals surface area contributed by atoms with Crippen LogP contribution >= 0.6 is 0 Å². The zero-order valence-corrected chi connectivity index (χ0v) is 11.7. The van der Waals surface area contributed by atoms with Crippen molar-refractivity contribution in [3.8, 4) is 5.75 Å². The normalized spacial score (nSPS) is 11.3. The Bertz CT molecular complexity index is 465. The average Bonchev–Trinajstić information content (AvgIpc) is 2.43. The molecule has 21 heavy (non-hydrogen) atoms. The zero-order valence-electron chi connectivity index (χ0n) is 11.7. The van der Waals surface area contributed by atoms with Crippen LogP contribution in [0.4, 0.5) is 0 Å². The number of phenolic OH excluding ortho intramolecular Hbond substituents is 1. The third kappa shape index (κ3) is 7.09. The Balaban J connectivity index is 0.00000400. The molecule has 0 bridgehead atoms. The molecule has 1 aromatic rings. The van der Waals surface area contributed by atoms with Crippen molar-refractivity contribution in [3.63, 3.8) is 0 Å². The van der Waals surface area contributed by atoms with Gasteiger partial charge < -0.3 is 15.6 Å². The summed E-state index contributed by atoms with van der Waals surface area (Å²) in [6, 6.07) is 5.09. The number of benzene rings is 1. The molecule has 6 heteroatoms. The molecule has 1 atom stereocenters. The molecule has 3 N–H and O–H groups in total. The number of esters is 2. The van der Waals surface area contributed by atoms with Crippen molar-refractivity contribution in [2.75, 3.05) is 0 Å². The van der Waals surface area contributed by atoms with Crippen LogP contribution in [0.5, 0.6) is 5.75 Å². The summed E-state index contributed by atoms with van der Waals surface area (Å²) in [5, 5.41) is 9.49. The van der Waals surface area contributed by atoms with Gasteiger partial charge in [0.25, 0.3) is 0 Å². The maximum absolute atomic E-state index is 11.7. The van der Waals surface area contributed by atoms with Crippen molar-refractivity contribution < 1.29 is 19.4 Å². The number of rotatable bonds is 7. The predicted octanol–water partition coefficient (Wildman–Crippen LogP) is 1.72. The quantitative estimate of drug-likeness (QED) is 0.346. The zero-order chi connectivity index (χ0) is 15.0. The molecule has 0 amide bonds. The number of hydrogen-bond acceptors (Lipinski definition) is 5. The van der Waals surface area contributed by atoms with E-state index in [-0.39, 0.29) is 40.9 Å². The molecule has 0 spiro atoms. The van der Waals surface area contributed by atoms with Crippen LogP contribution in [-0.2, 0) is 9.53 Å². The summed E-state index contributed by atoms with van der Waals surface area (Å²) in [7, 11) is 0. The summed E-state index contributed by atoms with van der Waals surface area (Å²) in [5.41, 5.74) is 5.63. The molecule has 0 aliphatic rings. The van der Waals surface area contributed by atoms with Crippen molar-refractivity contribution in [1.82, 2.24) is 0 Å². The number of carbonyl (C=O) groups excluding carboxylic acids is 2. The van der Waals surface area contributed by atoms with E-state index in [2.05, 4.69) is 11.7 Å². The molecule has 0 radical (unpaired) electrons. The van der Waals surface area contributed by atoms with Gasteiger partial charge in [-0.1, -0.05) is 44.7 Å². The first-order chi connectivity index (χ1) is 9.56. The molecule has 0 heterocycles. The van der Waals surface area contributed by atoms with Crippen LogP contribution in [0.3, 0.4) is 0 Å². The molecule has 0 saturated carbocycles. The van der Waals surface area contributed by atoms with Gasteiger partial charge in [-0.15, -0.1) is 0 Å². The number of hydrogen-bond donors (Lipinski definition) is 2. The fourth-order valence-corrected chi connectivity index (χ4v) is 1.78. The fraction of sp³-hybridized carbons (Fsp3) is 0.467. The van der Waals surface area contributed by atoms with Gasteiger partial charge >= 0.3 is 41.5 Å². The number of aromatic hydroxyl groups is 1. The van der Waals surface area contributed by atoms with E-state index >= 15 is 0 Å². The summed E-state index contributed by atoms with van der Waals surface area (Å²) in [6.45, 7) is 2.10. The second-order valence-electron chi connectivity index (χ2n) is 4.68. The molecule has 1 unspecified atom stereocenters. The van der Waals surface area contributed by atoms with E-state index in [9.17, 15) is 14.7 Å². The van der Waals surface area contributed by atoms with Crippen LogP contribution in [0.25, 0.3) is 0 Å². The van der Waals surface area contributed by atoms with Gasteiger partial charge in [-0.3, -0.25) is 0 Å². The van der Waals surface area contributed by atoms with E-state index < -0.39 is 18.0 Å². The molecule has 0 aliphatic heterocycles. The topological polar surface area (TPSA) is 89.6 Å². The number of carbonyl (C=O) groups is 2. The van der Waals surface area contributed by atoms with Gasteiger partial charge in [0.2, 0.25) is 0 Å². The molecule has 0 fully saturated rings. The van der Waals surface area contributed by atoms with Crippen LogP contribution in [0, 0.1) is 0 Å². The Morgan fingerprint density at radius 1 is 1.24 bits per heavy atom. The Morgan fingerprint density at radius 2 is 1.90 bits per heavy atom. The standard InChI is InChI=1S/C15H21NO4.Na.H/c1-2-3-4-5-9-12(16)15(19)20-14(18)11-8-6-7-10-13(11)17;;/h6-8,10,12,17H,2-5,9,16H2,1H3;;. The van der Waals surface area contributed by atoms with E-state index in [1.54, 1.807) is 12.1 Å². The first-order valence-corrected chi connectivity index (χ1v) is 6.85. The maximum atomic E-state index is 11.7. The SMILES string of the molecule is CCCCCCC(N)C(=O)OC(=O)c1ccccc1O.[NaH]. The monoisotopic (exact) mass is 303 g/mol. The summed E-state index contributed by atoms with van der Waals surface area (Å²) in [4.78, 5) is 23.4. The summed E-state index contributed by atoms with van der Waals surface area (Å²) < 4.78 is 4.67. The minimum absolute atomic E-state index is 0. The number of phenols is 1. The van der Waals surface area contributed by atoms with Crippen LogP contribution in [0.1, 0.15) is 49.4 Å². The van der Waals surface area contributed by atoms with Gasteiger partial charge in [0.15, 0.2) is 0 Å². The van der Waals surface area contributed by atoms with Crippen LogP contribution in [-0.4, -0.2) is 52.6 Å². The van der Waals surface area contributed by atoms with Gasteiger partial charge in [0, 0.05) is 0 Å². The first-order valence-electron chi connectivity index (χ1n) is 6.85. The molecule has 1 aromatic carbocycles. The summed E-state index contributed by atoms with van der Waals surface area (Å²) in [6.07, 6.45) is 4.52. The van der Waals surface area contributed by atoms with Crippen molar-refractivity contribution in [3.05, 3.63) is 29.8 Å². The van der Waals surface area contributed by atoms with Gasteiger partial charge in [-0.2, -0.15) is 0 Å². The molecule has 0 saturated heterocycles. The second kappa shape index (κ2) is 10.8. The Hall–Kier alpha value is -0.880. The van der Waals surface area contributed by atoms with E-state index in [1.165, 1.54) is 12.1 Å². The fourth-order valence-electron chi connectivity index (χ4n) is 1.78. The van der Waals surface area contributed by atoms with E-state index in [0.29, 0.717) is 6.42 Å². The van der Waals surface area contributed by atoms with Crippen molar-refractivity contribution >= 4 is 41.5 Å². The van der Waals surface area contributed by atoms with Crippen LogP contribution in [0.2, 0.25) is 0 Å². The second-order valence-corrected chi connectivity index (χ2v) is 4.68. The molecule has 112 valence electrons. The van der Waals surface area contributed by atoms with Gasteiger partial charge in [0.05, 0.1) is 0 Å². The summed E-state index contributed by atoms with van der Waals surface area (Å²) in [5.74, 6) is -1.85. The van der Waals surface area contributed by atoms with Crippen LogP contribution in [0.15, 0.2) is 24.3 Å². The Morgan fingerprint density at radius 3 is 2.52 bits per heavy atom. The number of para-hydroxylation sites is 1. The average molecular weight is 303 g/mol. The number of nitrogens with two attached hydrogens (primary N) is 1. The molecular weight excluding hydrogens is 281 g/mol. The van der Waals surface area contributed by atoms with E-state index in [0.717, 1.165) is 25.7 Å². The van der Waals surface area contributed by atoms with Crippen LogP contribution < -0.4 is 5.73 Å². The predicted molar refractivity (Wildman–Crippen MR) is 82.4 cm³/mol. The van der Waals surface area contributed by atoms with E-state index in [1.807, 2.05) is 0 Å².